The number of halogens is 1. The number of aliphatic hydroxyl groups is 1. The Bertz CT molecular complexity index is 1200. The van der Waals surface area contributed by atoms with Gasteiger partial charge in [-0.15, -0.1) is 0 Å². The molecule has 0 unspecified atom stereocenters. The molecular weight excluding hydrogens is 481 g/mol. The fourth-order valence-corrected chi connectivity index (χ4v) is 5.10. The van der Waals surface area contributed by atoms with E-state index < -0.39 is 29.7 Å². The van der Waals surface area contributed by atoms with Crippen molar-refractivity contribution in [2.45, 2.75) is 57.1 Å². The van der Waals surface area contributed by atoms with Crippen LogP contribution in [0.4, 0.5) is 4.39 Å². The van der Waals surface area contributed by atoms with Crippen molar-refractivity contribution >= 4 is 17.7 Å². The number of Topliss-reactive ketones (excluding diaryl/α,β-unsaturated/α-hetero) is 1. The molecule has 1 aliphatic carbocycles. The zero-order valence-electron chi connectivity index (χ0n) is 21.1. The Hall–Kier alpha value is -3.30. The molecule has 1 heterocycles. The van der Waals surface area contributed by atoms with Crippen molar-refractivity contribution in [1.29, 1.82) is 0 Å². The molecule has 2 N–H and O–H groups in total. The second kappa shape index (κ2) is 11.8. The van der Waals surface area contributed by atoms with Gasteiger partial charge in [-0.25, -0.2) is 4.39 Å². The van der Waals surface area contributed by atoms with Crippen LogP contribution in [0, 0.1) is 5.82 Å². The van der Waals surface area contributed by atoms with Crippen molar-refractivity contribution in [3.8, 4) is 5.75 Å². The molecule has 1 saturated heterocycles. The SMILES string of the molecule is COC(=O)CCC(=O)c1ccc(Cc2cc(C(=O)N[C@H]3CCOC[C@@H]3O)c(OC)c3c2CCC3)cc1F. The van der Waals surface area contributed by atoms with Crippen LogP contribution in [0.25, 0.3) is 0 Å². The predicted molar refractivity (Wildman–Crippen MR) is 133 cm³/mol. The highest BCUT2D eigenvalue weighted by Gasteiger charge is 2.30. The first-order valence-corrected chi connectivity index (χ1v) is 12.5. The maximum absolute atomic E-state index is 14.9. The quantitative estimate of drug-likeness (QED) is 0.392. The standard InChI is InChI=1S/C28H32FNO7/c1-35-26(33)9-8-24(31)20-7-6-16(13-22(20)29)12-17-14-21(27(36-2)19-5-3-4-18(17)19)28(34)30-23-10-11-37-15-25(23)32/h6-7,13-14,23,25,32H,3-5,8-12,15H2,1-2H3,(H,30,34)/t23-,25-/m0/s1. The lowest BCUT2D eigenvalue weighted by Crippen LogP contribution is -2.48. The lowest BCUT2D eigenvalue weighted by molar-refractivity contribution is -0.140. The van der Waals surface area contributed by atoms with Crippen molar-refractivity contribution in [1.82, 2.24) is 5.32 Å². The Morgan fingerprint density at radius 2 is 1.89 bits per heavy atom. The third-order valence-corrected chi connectivity index (χ3v) is 7.05. The minimum Gasteiger partial charge on any atom is -0.496 e. The number of hydrogen-bond acceptors (Lipinski definition) is 7. The van der Waals surface area contributed by atoms with E-state index in [2.05, 4.69) is 10.1 Å². The highest BCUT2D eigenvalue weighted by molar-refractivity contribution is 5.99. The van der Waals surface area contributed by atoms with Gasteiger partial charge in [0, 0.05) is 13.0 Å². The molecule has 1 aliphatic heterocycles. The number of fused-ring (bicyclic) bond motifs is 1. The molecule has 2 aliphatic rings. The van der Waals surface area contributed by atoms with Crippen LogP contribution in [0.1, 0.15) is 68.7 Å². The molecule has 2 aromatic carbocycles. The van der Waals surface area contributed by atoms with E-state index in [-0.39, 0.29) is 30.9 Å². The lowest BCUT2D eigenvalue weighted by atomic mass is 9.92. The Kier molecular flexibility index (Phi) is 8.56. The van der Waals surface area contributed by atoms with Crippen LogP contribution in [0.5, 0.6) is 5.75 Å². The van der Waals surface area contributed by atoms with Crippen LogP contribution in [-0.4, -0.2) is 62.3 Å². The van der Waals surface area contributed by atoms with Crippen molar-refractivity contribution in [3.63, 3.8) is 0 Å². The van der Waals surface area contributed by atoms with Crippen LogP contribution in [0.3, 0.4) is 0 Å². The van der Waals surface area contributed by atoms with E-state index in [1.807, 2.05) is 0 Å². The molecule has 2 atom stereocenters. The molecule has 0 saturated carbocycles. The number of methoxy groups -OCH3 is 2. The minimum absolute atomic E-state index is 0.0669. The molecule has 1 amide bonds. The summed E-state index contributed by atoms with van der Waals surface area (Å²) in [6, 6.07) is 5.83. The van der Waals surface area contributed by atoms with Gasteiger partial charge in [-0.1, -0.05) is 6.07 Å². The monoisotopic (exact) mass is 513 g/mol. The maximum atomic E-state index is 14.9. The highest BCUT2D eigenvalue weighted by Crippen LogP contribution is 2.37. The molecule has 37 heavy (non-hydrogen) atoms. The van der Waals surface area contributed by atoms with Crippen LogP contribution < -0.4 is 10.1 Å². The number of rotatable bonds is 9. The van der Waals surface area contributed by atoms with Gasteiger partial charge in [-0.3, -0.25) is 14.4 Å². The van der Waals surface area contributed by atoms with Crippen molar-refractivity contribution < 1.29 is 38.1 Å². The molecule has 1 fully saturated rings. The summed E-state index contributed by atoms with van der Waals surface area (Å²) in [7, 11) is 2.78. The predicted octanol–water partition coefficient (Wildman–Crippen LogP) is 2.93. The van der Waals surface area contributed by atoms with E-state index in [0.29, 0.717) is 36.3 Å². The van der Waals surface area contributed by atoms with Gasteiger partial charge in [-0.05, 0) is 72.6 Å². The molecule has 9 heteroatoms. The van der Waals surface area contributed by atoms with Gasteiger partial charge in [0.1, 0.15) is 11.6 Å². The normalized spacial score (nSPS) is 18.7. The van der Waals surface area contributed by atoms with Crippen LogP contribution in [-0.2, 0) is 33.5 Å². The molecule has 198 valence electrons. The number of ether oxygens (including phenoxy) is 3. The molecule has 4 rings (SSSR count). The number of benzene rings is 2. The number of esters is 1. The van der Waals surface area contributed by atoms with Gasteiger partial charge in [0.15, 0.2) is 5.78 Å². The summed E-state index contributed by atoms with van der Waals surface area (Å²) in [6.45, 7) is 0.631. The van der Waals surface area contributed by atoms with E-state index in [4.69, 9.17) is 9.47 Å². The van der Waals surface area contributed by atoms with Crippen molar-refractivity contribution in [3.05, 3.63) is 63.5 Å². The molecule has 0 aromatic heterocycles. The van der Waals surface area contributed by atoms with Gasteiger partial charge in [0.2, 0.25) is 0 Å². The van der Waals surface area contributed by atoms with Crippen molar-refractivity contribution in [2.24, 2.45) is 0 Å². The van der Waals surface area contributed by atoms with Gasteiger partial charge < -0.3 is 24.6 Å². The molecule has 0 radical (unpaired) electrons. The summed E-state index contributed by atoms with van der Waals surface area (Å²) in [5, 5.41) is 13.1. The van der Waals surface area contributed by atoms with Gasteiger partial charge >= 0.3 is 5.97 Å². The lowest BCUT2D eigenvalue weighted by Gasteiger charge is -2.29. The summed E-state index contributed by atoms with van der Waals surface area (Å²) >= 11 is 0. The Labute approximate surface area is 215 Å². The van der Waals surface area contributed by atoms with Gasteiger partial charge in [0.25, 0.3) is 5.91 Å². The first kappa shape index (κ1) is 26.8. The largest absolute Gasteiger partial charge is 0.496 e. The first-order valence-electron chi connectivity index (χ1n) is 12.5. The topological polar surface area (TPSA) is 111 Å². The van der Waals surface area contributed by atoms with Crippen LogP contribution >= 0.6 is 0 Å². The summed E-state index contributed by atoms with van der Waals surface area (Å²) in [4.78, 5) is 36.9. The summed E-state index contributed by atoms with van der Waals surface area (Å²) in [5.74, 6) is -1.44. The Morgan fingerprint density at radius 1 is 1.11 bits per heavy atom. The maximum Gasteiger partial charge on any atom is 0.305 e. The van der Waals surface area contributed by atoms with Gasteiger partial charge in [0.05, 0.1) is 50.5 Å². The summed E-state index contributed by atoms with van der Waals surface area (Å²) in [6.07, 6.45) is 2.39. The fourth-order valence-electron chi connectivity index (χ4n) is 5.10. The average molecular weight is 514 g/mol. The fraction of sp³-hybridized carbons (Fsp3) is 0.464. The smallest absolute Gasteiger partial charge is 0.305 e. The molecule has 0 spiro atoms. The van der Waals surface area contributed by atoms with Gasteiger partial charge in [-0.2, -0.15) is 0 Å². The Morgan fingerprint density at radius 3 is 2.59 bits per heavy atom. The second-order valence-electron chi connectivity index (χ2n) is 9.43. The number of carbonyl (C=O) groups is 3. The van der Waals surface area contributed by atoms with Crippen LogP contribution in [0.15, 0.2) is 24.3 Å². The van der Waals surface area contributed by atoms with Crippen LogP contribution in [0.2, 0.25) is 0 Å². The molecule has 2 aromatic rings. The highest BCUT2D eigenvalue weighted by atomic mass is 19.1. The molecule has 8 nitrogen and oxygen atoms in total. The van der Waals surface area contributed by atoms with E-state index in [1.165, 1.54) is 19.2 Å². The summed E-state index contributed by atoms with van der Waals surface area (Å²) < 4.78 is 30.3. The second-order valence-corrected chi connectivity index (χ2v) is 9.43. The third-order valence-electron chi connectivity index (χ3n) is 7.05. The first-order chi connectivity index (χ1) is 17.8. The van der Waals surface area contributed by atoms with E-state index in [1.54, 1.807) is 19.2 Å². The van der Waals surface area contributed by atoms with E-state index >= 15 is 0 Å². The molecular formula is C28H32FNO7. The number of carbonyl (C=O) groups excluding carboxylic acids is 3. The zero-order valence-corrected chi connectivity index (χ0v) is 21.1. The molecule has 0 bridgehead atoms. The number of nitrogens with one attached hydrogen (secondary N) is 1. The summed E-state index contributed by atoms with van der Waals surface area (Å²) in [5.41, 5.74) is 3.95. The number of amides is 1. The Balaban J connectivity index is 1.58. The van der Waals surface area contributed by atoms with Crippen molar-refractivity contribution in [2.75, 3.05) is 27.4 Å². The number of hydrogen-bond donors (Lipinski definition) is 2. The van der Waals surface area contributed by atoms with E-state index in [9.17, 15) is 23.9 Å². The third kappa shape index (κ3) is 5.99. The average Bonchev–Trinajstić information content (AvgIpc) is 3.38. The minimum atomic E-state index is -0.783. The number of aliphatic hydroxyl groups excluding tert-OH is 1. The van der Waals surface area contributed by atoms with E-state index in [0.717, 1.165) is 36.0 Å². The number of ketones is 1. The zero-order chi connectivity index (χ0) is 26.5.